The third-order valence-electron chi connectivity index (χ3n) is 7.82. The number of ether oxygens (including phenoxy) is 1. The van der Waals surface area contributed by atoms with Crippen LogP contribution in [-0.2, 0) is 6.42 Å². The lowest BCUT2D eigenvalue weighted by atomic mass is 10.1. The number of pyridine rings is 1. The first kappa shape index (κ1) is 25.3. The maximum Gasteiger partial charge on any atom is 0.573 e. The van der Waals surface area contributed by atoms with Crippen molar-refractivity contribution in [2.75, 3.05) is 45.1 Å². The summed E-state index contributed by atoms with van der Waals surface area (Å²) < 4.78 is 57.3. The lowest BCUT2D eigenvalue weighted by Gasteiger charge is -2.38. The van der Waals surface area contributed by atoms with Crippen LogP contribution in [0.2, 0.25) is 0 Å². The summed E-state index contributed by atoms with van der Waals surface area (Å²) in [6, 6.07) is 2.20. The molecule has 4 atom stereocenters. The molecule has 5 rings (SSSR count). The average molecular weight is 511 g/mol. The zero-order valence-electron chi connectivity index (χ0n) is 20.7. The number of anilines is 1. The summed E-state index contributed by atoms with van der Waals surface area (Å²) in [6.07, 6.45) is 1.61. The predicted octanol–water partition coefficient (Wildman–Crippen LogP) is 4.16. The number of aromatic nitrogens is 3. The Labute approximate surface area is 208 Å². The molecule has 3 fully saturated rings. The number of alkyl halides is 4. The van der Waals surface area contributed by atoms with Gasteiger partial charge in [0.1, 0.15) is 12.5 Å². The van der Waals surface area contributed by atoms with Gasteiger partial charge in [0.05, 0.1) is 5.69 Å². The molecule has 2 aromatic heterocycles. The summed E-state index contributed by atoms with van der Waals surface area (Å²) in [7, 11) is 0. The van der Waals surface area contributed by atoms with Crippen LogP contribution in [0.3, 0.4) is 0 Å². The molecule has 2 N–H and O–H groups in total. The molecule has 0 amide bonds. The molecule has 1 aliphatic heterocycles. The van der Waals surface area contributed by atoms with Crippen molar-refractivity contribution in [3.8, 4) is 17.0 Å². The molecular formula is C25H34F4N6O. The monoisotopic (exact) mass is 510 g/mol. The molecular weight excluding hydrogens is 476 g/mol. The highest BCUT2D eigenvalue weighted by Crippen LogP contribution is 2.62. The van der Waals surface area contributed by atoms with E-state index in [0.29, 0.717) is 47.6 Å². The van der Waals surface area contributed by atoms with Gasteiger partial charge < -0.3 is 15.0 Å². The van der Waals surface area contributed by atoms with E-state index in [1.54, 1.807) is 0 Å². The van der Waals surface area contributed by atoms with Gasteiger partial charge >= 0.3 is 6.36 Å². The summed E-state index contributed by atoms with van der Waals surface area (Å²) in [4.78, 5) is 13.5. The summed E-state index contributed by atoms with van der Waals surface area (Å²) in [5.74, 6) is 1.68. The van der Waals surface area contributed by atoms with Crippen molar-refractivity contribution in [2.45, 2.75) is 51.6 Å². The Morgan fingerprint density at radius 1 is 1.14 bits per heavy atom. The number of nitrogens with zero attached hydrogens (tertiary/aromatic N) is 5. The van der Waals surface area contributed by atoms with Crippen LogP contribution in [-0.4, -0.2) is 76.1 Å². The van der Waals surface area contributed by atoms with E-state index in [2.05, 4.69) is 37.9 Å². The van der Waals surface area contributed by atoms with Gasteiger partial charge in [0.15, 0.2) is 11.6 Å². The zero-order chi connectivity index (χ0) is 25.6. The third kappa shape index (κ3) is 5.32. The van der Waals surface area contributed by atoms with Gasteiger partial charge in [0, 0.05) is 69.2 Å². The zero-order valence-corrected chi connectivity index (χ0v) is 20.7. The molecule has 3 aliphatic rings. The van der Waals surface area contributed by atoms with Crippen molar-refractivity contribution in [2.24, 2.45) is 17.8 Å². The van der Waals surface area contributed by atoms with E-state index in [9.17, 15) is 17.6 Å². The lowest BCUT2D eigenvalue weighted by molar-refractivity contribution is -0.274. The van der Waals surface area contributed by atoms with Crippen LogP contribution in [0, 0.1) is 17.8 Å². The molecule has 2 unspecified atom stereocenters. The Kier molecular flexibility index (Phi) is 6.88. The van der Waals surface area contributed by atoms with Crippen LogP contribution in [0.15, 0.2) is 18.5 Å². The highest BCUT2D eigenvalue weighted by molar-refractivity contribution is 5.64. The molecule has 0 radical (unpaired) electrons. The molecule has 11 heteroatoms. The summed E-state index contributed by atoms with van der Waals surface area (Å²) in [5, 5.41) is 0. The van der Waals surface area contributed by atoms with Gasteiger partial charge in [-0.2, -0.15) is 0 Å². The molecule has 0 aromatic carbocycles. The number of piperazine rings is 1. The van der Waals surface area contributed by atoms with Crippen molar-refractivity contribution in [1.29, 1.82) is 0 Å². The smallest absolute Gasteiger partial charge is 0.402 e. The van der Waals surface area contributed by atoms with Gasteiger partial charge in [0.2, 0.25) is 0 Å². The Morgan fingerprint density at radius 2 is 1.83 bits per heavy atom. The minimum absolute atomic E-state index is 0.288. The molecule has 0 bridgehead atoms. The number of halogens is 4. The Bertz CT molecular complexity index is 1050. The fourth-order valence-electron chi connectivity index (χ4n) is 6.11. The first-order valence-electron chi connectivity index (χ1n) is 12.7. The van der Waals surface area contributed by atoms with E-state index in [1.165, 1.54) is 12.3 Å². The number of hydrogen-bond acceptors (Lipinski definition) is 6. The van der Waals surface area contributed by atoms with Gasteiger partial charge in [-0.3, -0.25) is 9.80 Å². The minimum Gasteiger partial charge on any atom is -0.402 e. The van der Waals surface area contributed by atoms with Crippen LogP contribution in [0.4, 0.5) is 23.4 Å². The highest BCUT2D eigenvalue weighted by atomic mass is 19.4. The van der Waals surface area contributed by atoms with Crippen molar-refractivity contribution in [3.63, 3.8) is 0 Å². The molecule has 2 saturated carbocycles. The van der Waals surface area contributed by atoms with Crippen LogP contribution in [0.1, 0.15) is 38.6 Å². The fraction of sp³-hybridized carbons (Fsp3) is 0.680. The van der Waals surface area contributed by atoms with Crippen molar-refractivity contribution in [1.82, 2.24) is 24.3 Å². The Morgan fingerprint density at radius 3 is 2.44 bits per heavy atom. The largest absolute Gasteiger partial charge is 0.573 e. The number of fused-ring (bicyclic) bond motifs is 1. The van der Waals surface area contributed by atoms with Crippen molar-refractivity contribution in [3.05, 3.63) is 24.3 Å². The molecule has 3 heterocycles. The maximum atomic E-state index is 12.8. The normalized spacial score (nSPS) is 27.0. The average Bonchev–Trinajstić information content (AvgIpc) is 3.12. The van der Waals surface area contributed by atoms with Gasteiger partial charge in [-0.1, -0.05) is 13.8 Å². The van der Waals surface area contributed by atoms with Crippen molar-refractivity contribution >= 4 is 5.82 Å². The number of hydrogen-bond donors (Lipinski definition) is 1. The second-order valence-corrected chi connectivity index (χ2v) is 10.7. The van der Waals surface area contributed by atoms with Gasteiger partial charge in [-0.05, 0) is 36.7 Å². The second-order valence-electron chi connectivity index (χ2n) is 10.7. The van der Waals surface area contributed by atoms with E-state index < -0.39 is 12.1 Å². The number of rotatable bonds is 8. The standard InChI is InChI=1S/C25H34F4N6O/c1-15(2)9-22-32-20(16-10-21(24(30)31-13-16)36-25(27,28)29)14-35(22)23-18-11-17(12-19(18)23)34-7-5-33(4-3-26)6-8-34/h10,13-15,17-19,23H,3-9,11-12H2,1-2H3,(H2,30,31)/t17?,18-,19+,23?. The van der Waals surface area contributed by atoms with E-state index in [4.69, 9.17) is 10.7 Å². The van der Waals surface area contributed by atoms with Gasteiger partial charge in [0.25, 0.3) is 0 Å². The van der Waals surface area contributed by atoms with Crippen LogP contribution in [0.5, 0.6) is 5.75 Å². The summed E-state index contributed by atoms with van der Waals surface area (Å²) in [5.41, 5.74) is 6.63. The van der Waals surface area contributed by atoms with E-state index in [1.807, 2.05) is 6.20 Å². The summed E-state index contributed by atoms with van der Waals surface area (Å²) >= 11 is 0. The maximum absolute atomic E-state index is 12.8. The van der Waals surface area contributed by atoms with Crippen LogP contribution < -0.4 is 10.5 Å². The Balaban J connectivity index is 1.30. The van der Waals surface area contributed by atoms with Crippen LogP contribution in [0.25, 0.3) is 11.3 Å². The topological polar surface area (TPSA) is 72.4 Å². The fourth-order valence-corrected chi connectivity index (χ4v) is 6.11. The van der Waals surface area contributed by atoms with Gasteiger partial charge in [-0.15, -0.1) is 13.2 Å². The summed E-state index contributed by atoms with van der Waals surface area (Å²) in [6.45, 7) is 8.35. The molecule has 0 spiro atoms. The molecule has 2 aromatic rings. The SMILES string of the molecule is CC(C)Cc1nc(-c2cnc(N)c(OC(F)(F)F)c2)cn1C1[C@H]2CC(N3CCN(CCF)CC3)C[C@@H]12. The molecule has 36 heavy (non-hydrogen) atoms. The quantitative estimate of drug-likeness (QED) is 0.538. The highest BCUT2D eigenvalue weighted by Gasteiger charge is 2.58. The second kappa shape index (κ2) is 9.81. The number of nitrogens with two attached hydrogens (primary N) is 1. The lowest BCUT2D eigenvalue weighted by Crippen LogP contribution is -2.50. The van der Waals surface area contributed by atoms with E-state index in [0.717, 1.165) is 51.3 Å². The first-order valence-corrected chi connectivity index (χ1v) is 12.7. The minimum atomic E-state index is -4.85. The van der Waals surface area contributed by atoms with E-state index >= 15 is 0 Å². The number of nitrogen functional groups attached to an aromatic ring is 1. The Hall–Kier alpha value is -2.40. The first-order chi connectivity index (χ1) is 17.1. The molecule has 1 saturated heterocycles. The van der Waals surface area contributed by atoms with Crippen LogP contribution >= 0.6 is 0 Å². The molecule has 2 aliphatic carbocycles. The predicted molar refractivity (Wildman–Crippen MR) is 128 cm³/mol. The van der Waals surface area contributed by atoms with Gasteiger partial charge in [-0.25, -0.2) is 14.4 Å². The molecule has 7 nitrogen and oxygen atoms in total. The van der Waals surface area contributed by atoms with Crippen molar-refractivity contribution < 1.29 is 22.3 Å². The molecule has 198 valence electrons. The third-order valence-corrected chi connectivity index (χ3v) is 7.82. The van der Waals surface area contributed by atoms with E-state index in [-0.39, 0.29) is 12.5 Å². The number of imidazole rings is 1.